The Kier molecular flexibility index (Phi) is 4.60. The van der Waals surface area contributed by atoms with E-state index in [2.05, 4.69) is 15.6 Å². The molecule has 1 aromatic heterocycles. The number of hydrogen-bond donors (Lipinski definition) is 1. The lowest BCUT2D eigenvalue weighted by atomic mass is 10.3. The smallest absolute Gasteiger partial charge is 0.360 e. The van der Waals surface area contributed by atoms with Crippen LogP contribution >= 0.6 is 0 Å². The number of anilines is 1. The molecule has 0 aliphatic carbocycles. The number of carbonyl (C=O) groups is 2. The lowest BCUT2D eigenvalue weighted by Gasteiger charge is -2.04. The van der Waals surface area contributed by atoms with Crippen LogP contribution in [0.2, 0.25) is 0 Å². The second-order valence-electron chi connectivity index (χ2n) is 4.08. The maximum atomic E-state index is 12.7. The molecule has 7 nitrogen and oxygen atoms in total. The van der Waals surface area contributed by atoms with Gasteiger partial charge in [0.15, 0.2) is 5.69 Å². The van der Waals surface area contributed by atoms with Gasteiger partial charge in [-0.3, -0.25) is 4.79 Å². The second-order valence-corrected chi connectivity index (χ2v) is 4.08. The third kappa shape index (κ3) is 4.10. The van der Waals surface area contributed by atoms with Gasteiger partial charge < -0.3 is 10.1 Å². The number of nitrogens with zero attached hydrogens (tertiary/aromatic N) is 3. The van der Waals surface area contributed by atoms with E-state index in [0.717, 1.165) is 0 Å². The van der Waals surface area contributed by atoms with Gasteiger partial charge in [0.25, 0.3) is 0 Å². The zero-order valence-corrected chi connectivity index (χ0v) is 11.2. The van der Waals surface area contributed by atoms with E-state index in [-0.39, 0.29) is 30.6 Å². The first-order valence-electron chi connectivity index (χ1n) is 6.21. The molecule has 0 spiro atoms. The summed E-state index contributed by atoms with van der Waals surface area (Å²) < 4.78 is 18.7. The summed E-state index contributed by atoms with van der Waals surface area (Å²) in [6, 6.07) is 5.37. The number of nitrogens with one attached hydrogen (secondary N) is 1. The van der Waals surface area contributed by atoms with Gasteiger partial charge in [0.1, 0.15) is 12.4 Å². The van der Waals surface area contributed by atoms with Gasteiger partial charge in [-0.15, -0.1) is 5.10 Å². The molecule has 8 heteroatoms. The minimum atomic E-state index is -0.595. The number of carbonyl (C=O) groups excluding carboxylic acids is 2. The molecule has 2 aromatic rings. The van der Waals surface area contributed by atoms with Gasteiger partial charge in [0.05, 0.1) is 12.8 Å². The van der Waals surface area contributed by atoms with E-state index in [1.165, 1.54) is 35.1 Å². The molecule has 0 aliphatic rings. The Morgan fingerprint density at radius 3 is 2.71 bits per heavy atom. The van der Waals surface area contributed by atoms with Crippen molar-refractivity contribution >= 4 is 17.6 Å². The van der Waals surface area contributed by atoms with Gasteiger partial charge in [-0.25, -0.2) is 13.9 Å². The molecule has 0 atom stereocenters. The highest BCUT2D eigenvalue weighted by Crippen LogP contribution is 2.08. The van der Waals surface area contributed by atoms with E-state index < -0.39 is 5.97 Å². The molecule has 21 heavy (non-hydrogen) atoms. The van der Waals surface area contributed by atoms with E-state index in [1.807, 2.05) is 0 Å². The van der Waals surface area contributed by atoms with Crippen molar-refractivity contribution in [3.8, 4) is 0 Å². The fourth-order valence-corrected chi connectivity index (χ4v) is 1.56. The molecule has 1 heterocycles. The first-order valence-corrected chi connectivity index (χ1v) is 6.21. The Morgan fingerprint density at radius 2 is 2.05 bits per heavy atom. The summed E-state index contributed by atoms with van der Waals surface area (Å²) in [5.41, 5.74) is 0.499. The molecule has 1 amide bonds. The number of amides is 1. The zero-order valence-electron chi connectivity index (χ0n) is 11.2. The van der Waals surface area contributed by atoms with Crippen molar-refractivity contribution in [2.24, 2.45) is 0 Å². The second kappa shape index (κ2) is 6.60. The summed E-state index contributed by atoms with van der Waals surface area (Å²) in [5.74, 6) is -1.35. The quantitative estimate of drug-likeness (QED) is 0.838. The number of halogens is 1. The van der Waals surface area contributed by atoms with Crippen molar-refractivity contribution in [3.63, 3.8) is 0 Å². The lowest BCUT2D eigenvalue weighted by Crippen LogP contribution is -2.19. The molecular formula is C13H13FN4O3. The van der Waals surface area contributed by atoms with Crippen molar-refractivity contribution in [2.75, 3.05) is 11.9 Å². The maximum Gasteiger partial charge on any atom is 0.360 e. The topological polar surface area (TPSA) is 86.1 Å². The van der Waals surface area contributed by atoms with Crippen molar-refractivity contribution in [1.29, 1.82) is 0 Å². The lowest BCUT2D eigenvalue weighted by molar-refractivity contribution is -0.116. The Balaban J connectivity index is 1.93. The normalized spacial score (nSPS) is 10.2. The van der Waals surface area contributed by atoms with Gasteiger partial charge in [-0.1, -0.05) is 5.21 Å². The highest BCUT2D eigenvalue weighted by atomic mass is 19.1. The van der Waals surface area contributed by atoms with Crippen LogP contribution in [0.15, 0.2) is 30.5 Å². The molecule has 2 rings (SSSR count). The minimum absolute atomic E-state index is 0.0337. The molecule has 1 N–H and O–H groups in total. The van der Waals surface area contributed by atoms with Crippen LogP contribution in [0.1, 0.15) is 17.4 Å². The number of ether oxygens (including phenoxy) is 1. The molecule has 0 aliphatic heterocycles. The Labute approximate surface area is 119 Å². The molecular weight excluding hydrogens is 279 g/mol. The number of rotatable bonds is 5. The Bertz CT molecular complexity index is 639. The highest BCUT2D eigenvalue weighted by Gasteiger charge is 2.13. The summed E-state index contributed by atoms with van der Waals surface area (Å²) in [4.78, 5) is 23.2. The maximum absolute atomic E-state index is 12.7. The van der Waals surface area contributed by atoms with E-state index in [1.54, 1.807) is 6.92 Å². The monoisotopic (exact) mass is 292 g/mol. The average molecular weight is 292 g/mol. The summed E-state index contributed by atoms with van der Waals surface area (Å²) in [7, 11) is 0. The largest absolute Gasteiger partial charge is 0.461 e. The number of hydrogen-bond acceptors (Lipinski definition) is 5. The zero-order chi connectivity index (χ0) is 15.2. The van der Waals surface area contributed by atoms with Gasteiger partial charge in [-0.05, 0) is 31.2 Å². The van der Waals surface area contributed by atoms with Crippen LogP contribution in [-0.4, -0.2) is 33.5 Å². The standard InChI is InChI=1S/C13H13FN4O3/c1-2-21-13(20)11-7-18(17-16-11)8-12(19)15-10-5-3-9(14)4-6-10/h3-7H,2,8H2,1H3,(H,15,19). The van der Waals surface area contributed by atoms with Crippen LogP contribution in [-0.2, 0) is 16.1 Å². The molecule has 0 bridgehead atoms. The molecule has 0 saturated carbocycles. The van der Waals surface area contributed by atoms with Crippen molar-refractivity contribution in [3.05, 3.63) is 42.0 Å². The van der Waals surface area contributed by atoms with Crippen LogP contribution in [0.3, 0.4) is 0 Å². The predicted molar refractivity (Wildman–Crippen MR) is 71.0 cm³/mol. The fraction of sp³-hybridized carbons (Fsp3) is 0.231. The number of esters is 1. The van der Waals surface area contributed by atoms with Crippen LogP contribution in [0.25, 0.3) is 0 Å². The number of aromatic nitrogens is 3. The van der Waals surface area contributed by atoms with E-state index >= 15 is 0 Å². The van der Waals surface area contributed by atoms with Crippen molar-refractivity contribution in [2.45, 2.75) is 13.5 Å². The van der Waals surface area contributed by atoms with Gasteiger partial charge >= 0.3 is 5.97 Å². The number of benzene rings is 1. The van der Waals surface area contributed by atoms with Gasteiger partial charge in [-0.2, -0.15) is 0 Å². The molecule has 0 unspecified atom stereocenters. The first kappa shape index (κ1) is 14.6. The van der Waals surface area contributed by atoms with Crippen LogP contribution in [0, 0.1) is 5.82 Å². The van der Waals surface area contributed by atoms with Gasteiger partial charge in [0, 0.05) is 5.69 Å². The summed E-state index contributed by atoms with van der Waals surface area (Å²) in [6.07, 6.45) is 1.32. The average Bonchev–Trinajstić information content (AvgIpc) is 2.90. The Morgan fingerprint density at radius 1 is 1.33 bits per heavy atom. The third-order valence-electron chi connectivity index (χ3n) is 2.46. The van der Waals surface area contributed by atoms with Crippen molar-refractivity contribution < 1.29 is 18.7 Å². The fourth-order valence-electron chi connectivity index (χ4n) is 1.56. The third-order valence-corrected chi connectivity index (χ3v) is 2.46. The molecule has 1 aromatic carbocycles. The Hall–Kier alpha value is -2.77. The molecule has 0 radical (unpaired) electrons. The first-order chi connectivity index (χ1) is 10.1. The van der Waals surface area contributed by atoms with Gasteiger partial charge in [0.2, 0.25) is 5.91 Å². The molecule has 110 valence electrons. The minimum Gasteiger partial charge on any atom is -0.461 e. The van der Waals surface area contributed by atoms with Crippen LogP contribution < -0.4 is 5.32 Å². The highest BCUT2D eigenvalue weighted by molar-refractivity contribution is 5.90. The van der Waals surface area contributed by atoms with Crippen LogP contribution in [0.5, 0.6) is 0 Å². The van der Waals surface area contributed by atoms with Crippen molar-refractivity contribution in [1.82, 2.24) is 15.0 Å². The van der Waals surface area contributed by atoms with Crippen LogP contribution in [0.4, 0.5) is 10.1 Å². The molecule has 0 fully saturated rings. The molecule has 0 saturated heterocycles. The van der Waals surface area contributed by atoms with E-state index in [4.69, 9.17) is 4.74 Å². The summed E-state index contributed by atoms with van der Waals surface area (Å²) in [5, 5.41) is 9.85. The predicted octanol–water partition coefficient (Wildman–Crippen LogP) is 1.23. The summed E-state index contributed by atoms with van der Waals surface area (Å²) >= 11 is 0. The van der Waals surface area contributed by atoms with E-state index in [0.29, 0.717) is 5.69 Å². The SMILES string of the molecule is CCOC(=O)c1cn(CC(=O)Nc2ccc(F)cc2)nn1. The summed E-state index contributed by atoms with van der Waals surface area (Å²) in [6.45, 7) is 1.79. The van der Waals surface area contributed by atoms with E-state index in [9.17, 15) is 14.0 Å².